The Labute approximate surface area is 190 Å². The minimum Gasteiger partial charge on any atom is -0.387 e. The van der Waals surface area contributed by atoms with Crippen LogP contribution < -0.4 is 0 Å². The van der Waals surface area contributed by atoms with Crippen molar-refractivity contribution >= 4 is 8.32 Å². The van der Waals surface area contributed by atoms with E-state index >= 15 is 4.39 Å². The molecule has 0 aromatic carbocycles. The van der Waals surface area contributed by atoms with Gasteiger partial charge in [-0.25, -0.2) is 4.39 Å². The van der Waals surface area contributed by atoms with Gasteiger partial charge in [-0.05, 0) is 104 Å². The summed E-state index contributed by atoms with van der Waals surface area (Å²) in [5.74, 6) is 1.57. The summed E-state index contributed by atoms with van der Waals surface area (Å²) in [6, 6.07) is 0. The van der Waals surface area contributed by atoms with Crippen molar-refractivity contribution in [2.75, 3.05) is 0 Å². The molecule has 4 aliphatic carbocycles. The van der Waals surface area contributed by atoms with Crippen LogP contribution in [0.3, 0.4) is 0 Å². The maximum atomic E-state index is 15.7. The summed E-state index contributed by atoms with van der Waals surface area (Å²) in [5.41, 5.74) is 2.84. The summed E-state index contributed by atoms with van der Waals surface area (Å²) in [6.45, 7) is 15.4. The summed E-state index contributed by atoms with van der Waals surface area (Å²) in [5, 5.41) is 10.7. The molecule has 0 heterocycles. The summed E-state index contributed by atoms with van der Waals surface area (Å²) >= 11 is 0. The molecule has 0 aliphatic heterocycles. The Morgan fingerprint density at radius 2 is 1.77 bits per heavy atom. The smallest absolute Gasteiger partial charge is 0.198 e. The van der Waals surface area contributed by atoms with Gasteiger partial charge in [0.25, 0.3) is 0 Å². The zero-order valence-electron chi connectivity index (χ0n) is 21.0. The molecule has 3 fully saturated rings. The fourth-order valence-corrected chi connectivity index (χ4v) is 8.57. The van der Waals surface area contributed by atoms with Crippen LogP contribution >= 0.6 is 0 Å². The van der Waals surface area contributed by atoms with Gasteiger partial charge in [-0.15, -0.1) is 0 Å². The second-order valence-electron chi connectivity index (χ2n) is 13.0. The van der Waals surface area contributed by atoms with Crippen molar-refractivity contribution in [3.8, 4) is 0 Å². The molecule has 0 radical (unpaired) electrons. The lowest BCUT2D eigenvalue weighted by atomic mass is 9.48. The largest absolute Gasteiger partial charge is 0.387 e. The molecule has 3 saturated carbocycles. The number of halogens is 1. The molecule has 1 N–H and O–H groups in total. The summed E-state index contributed by atoms with van der Waals surface area (Å²) in [4.78, 5) is 0. The first-order valence-corrected chi connectivity index (χ1v) is 15.7. The zero-order chi connectivity index (χ0) is 22.8. The molecule has 2 nitrogen and oxygen atoms in total. The second-order valence-corrected chi connectivity index (χ2v) is 17.8. The van der Waals surface area contributed by atoms with Gasteiger partial charge in [0.05, 0.1) is 0 Å². The Bertz CT molecular complexity index is 779. The Hall–Kier alpha value is -0.453. The van der Waals surface area contributed by atoms with Gasteiger partial charge in [0.1, 0.15) is 0 Å². The summed E-state index contributed by atoms with van der Waals surface area (Å²) in [6.07, 6.45) is 11.8. The number of aliphatic hydroxyl groups is 1. The van der Waals surface area contributed by atoms with E-state index in [4.69, 9.17) is 4.43 Å². The first kappa shape index (κ1) is 23.7. The van der Waals surface area contributed by atoms with Crippen molar-refractivity contribution in [3.05, 3.63) is 23.0 Å². The third-order valence-corrected chi connectivity index (χ3v) is 14.9. The number of hydrogen-bond acceptors (Lipinski definition) is 2. The molecule has 176 valence electrons. The van der Waals surface area contributed by atoms with Crippen molar-refractivity contribution in [1.82, 2.24) is 0 Å². The predicted molar refractivity (Wildman–Crippen MR) is 129 cm³/mol. The van der Waals surface area contributed by atoms with E-state index < -0.39 is 14.6 Å². The molecule has 6 atom stereocenters. The molecule has 31 heavy (non-hydrogen) atoms. The molecule has 1 unspecified atom stereocenters. The van der Waals surface area contributed by atoms with Crippen LogP contribution in [0.1, 0.15) is 92.4 Å². The monoisotopic (exact) mass is 448 g/mol. The zero-order valence-corrected chi connectivity index (χ0v) is 22.0. The maximum absolute atomic E-state index is 15.7. The highest BCUT2D eigenvalue weighted by Gasteiger charge is 2.57. The van der Waals surface area contributed by atoms with Crippen molar-refractivity contribution in [2.24, 2.45) is 28.6 Å². The third kappa shape index (κ3) is 3.73. The number of aliphatic hydroxyl groups excluding tert-OH is 1. The fraction of sp³-hybridized carbons (Fsp3) is 0.852. The number of rotatable bonds is 3. The van der Waals surface area contributed by atoms with Crippen LogP contribution in [0.15, 0.2) is 23.0 Å². The van der Waals surface area contributed by atoms with E-state index in [1.807, 2.05) is 0 Å². The lowest BCUT2D eigenvalue weighted by Crippen LogP contribution is -2.48. The first-order valence-electron chi connectivity index (χ1n) is 12.8. The number of allylic oxidation sites excluding steroid dienone is 3. The van der Waals surface area contributed by atoms with Crippen LogP contribution in [0.2, 0.25) is 18.1 Å². The SMILES string of the molecule is CC(C)(C)[Si](C)(C)OC(O)C(F)=C1CC[C@H]2[C@@H]3CC=C4CCCC[C@]4(C)[C@H]3CC[C@]12C. The molecule has 0 aromatic rings. The molecule has 0 aromatic heterocycles. The van der Waals surface area contributed by atoms with E-state index in [0.29, 0.717) is 17.3 Å². The molecule has 4 heteroatoms. The quantitative estimate of drug-likeness (QED) is 0.270. The van der Waals surface area contributed by atoms with E-state index in [0.717, 1.165) is 30.8 Å². The lowest BCUT2D eigenvalue weighted by molar-refractivity contribution is -0.0267. The third-order valence-electron chi connectivity index (χ3n) is 10.5. The Kier molecular flexibility index (Phi) is 5.97. The average Bonchev–Trinajstić information content (AvgIpc) is 3.02. The second kappa shape index (κ2) is 7.80. The van der Waals surface area contributed by atoms with Gasteiger partial charge < -0.3 is 9.53 Å². The number of fused-ring (bicyclic) bond motifs is 5. The Morgan fingerprint density at radius 1 is 1.10 bits per heavy atom. The molecular formula is C27H45FO2Si. The van der Waals surface area contributed by atoms with E-state index in [-0.39, 0.29) is 16.3 Å². The molecular weight excluding hydrogens is 403 g/mol. The van der Waals surface area contributed by atoms with Gasteiger partial charge in [0, 0.05) is 0 Å². The highest BCUT2D eigenvalue weighted by Crippen LogP contribution is 2.66. The minimum absolute atomic E-state index is 0.0549. The normalized spacial score (nSPS) is 41.1. The van der Waals surface area contributed by atoms with Gasteiger partial charge in [0.2, 0.25) is 0 Å². The van der Waals surface area contributed by atoms with E-state index in [2.05, 4.69) is 53.8 Å². The topological polar surface area (TPSA) is 29.5 Å². The Morgan fingerprint density at radius 3 is 2.45 bits per heavy atom. The summed E-state index contributed by atoms with van der Waals surface area (Å²) in [7, 11) is -2.24. The van der Waals surface area contributed by atoms with Gasteiger partial charge in [-0.3, -0.25) is 0 Å². The predicted octanol–water partition coefficient (Wildman–Crippen LogP) is 7.90. The molecule has 0 amide bonds. The van der Waals surface area contributed by atoms with Gasteiger partial charge in [0.15, 0.2) is 20.4 Å². The molecule has 0 spiro atoms. The highest BCUT2D eigenvalue weighted by atomic mass is 28.4. The first-order chi connectivity index (χ1) is 14.3. The van der Waals surface area contributed by atoms with Gasteiger partial charge in [-0.2, -0.15) is 0 Å². The van der Waals surface area contributed by atoms with Crippen LogP contribution in [0.25, 0.3) is 0 Å². The van der Waals surface area contributed by atoms with Gasteiger partial charge in [-0.1, -0.05) is 52.7 Å². The van der Waals surface area contributed by atoms with E-state index in [9.17, 15) is 5.11 Å². The van der Waals surface area contributed by atoms with Crippen LogP contribution in [-0.2, 0) is 4.43 Å². The lowest BCUT2D eigenvalue weighted by Gasteiger charge is -2.57. The standard InChI is InChI=1S/C27H45FO2Si/c1-25(2,3)31(6,7)30-24(29)23(28)22-14-13-20-19-12-11-18-10-8-9-16-26(18,4)21(19)15-17-27(20,22)5/h11,19-21,24,29H,8-10,12-17H2,1-7H3/t19-,20-,21-,24?,26-,27-/m0/s1. The highest BCUT2D eigenvalue weighted by molar-refractivity contribution is 6.74. The van der Waals surface area contributed by atoms with Gasteiger partial charge >= 0.3 is 0 Å². The summed E-state index contributed by atoms with van der Waals surface area (Å²) < 4.78 is 21.8. The molecule has 0 bridgehead atoms. The van der Waals surface area contributed by atoms with Crippen LogP contribution in [0.4, 0.5) is 4.39 Å². The fourth-order valence-electron chi connectivity index (χ4n) is 7.56. The Balaban J connectivity index is 1.59. The van der Waals surface area contributed by atoms with E-state index in [1.54, 1.807) is 5.57 Å². The van der Waals surface area contributed by atoms with Crippen LogP contribution in [0, 0.1) is 28.6 Å². The number of hydrogen-bond donors (Lipinski definition) is 1. The van der Waals surface area contributed by atoms with E-state index in [1.165, 1.54) is 38.5 Å². The van der Waals surface area contributed by atoms with Crippen molar-refractivity contribution < 1.29 is 13.9 Å². The average molecular weight is 449 g/mol. The molecule has 0 saturated heterocycles. The van der Waals surface area contributed by atoms with Crippen LogP contribution in [-0.4, -0.2) is 19.7 Å². The van der Waals surface area contributed by atoms with Crippen molar-refractivity contribution in [3.63, 3.8) is 0 Å². The van der Waals surface area contributed by atoms with Crippen molar-refractivity contribution in [2.45, 2.75) is 117 Å². The molecule has 4 rings (SSSR count). The molecule has 4 aliphatic rings. The maximum Gasteiger partial charge on any atom is 0.198 e. The van der Waals surface area contributed by atoms with Crippen LogP contribution in [0.5, 0.6) is 0 Å². The minimum atomic E-state index is -2.24. The van der Waals surface area contributed by atoms with Crippen molar-refractivity contribution in [1.29, 1.82) is 0 Å².